The number of benzene rings is 2. The SMILES string of the molecule is CC1(c2ccccc2)CC(c2ccccc2)=c2c(N)nc3nc(=O)[nH]c(N)c3c2=N1. The Hall–Kier alpha value is -4.00. The molecule has 0 saturated carbocycles. The van der Waals surface area contributed by atoms with Gasteiger partial charge in [0.25, 0.3) is 0 Å². The number of anilines is 2. The zero-order valence-electron chi connectivity index (χ0n) is 16.4. The summed E-state index contributed by atoms with van der Waals surface area (Å²) in [6.45, 7) is 2.09. The zero-order valence-corrected chi connectivity index (χ0v) is 16.4. The Kier molecular flexibility index (Phi) is 3.92. The summed E-state index contributed by atoms with van der Waals surface area (Å²) in [7, 11) is 0. The number of aromatic nitrogens is 3. The molecule has 30 heavy (non-hydrogen) atoms. The topological polar surface area (TPSA) is 123 Å². The predicted octanol–water partition coefficient (Wildman–Crippen LogP) is 1.62. The number of rotatable bonds is 2. The van der Waals surface area contributed by atoms with Gasteiger partial charge in [-0.2, -0.15) is 4.98 Å². The molecule has 2 aromatic heterocycles. The summed E-state index contributed by atoms with van der Waals surface area (Å²) < 4.78 is 0. The molecule has 0 amide bonds. The van der Waals surface area contributed by atoms with Gasteiger partial charge < -0.3 is 11.5 Å². The van der Waals surface area contributed by atoms with Crippen molar-refractivity contribution in [3.63, 3.8) is 0 Å². The number of hydrogen-bond acceptors (Lipinski definition) is 6. The van der Waals surface area contributed by atoms with Crippen LogP contribution in [-0.4, -0.2) is 15.0 Å². The molecule has 0 fully saturated rings. The maximum atomic E-state index is 11.9. The highest BCUT2D eigenvalue weighted by Gasteiger charge is 2.32. The average Bonchev–Trinajstić information content (AvgIpc) is 2.74. The highest BCUT2D eigenvalue weighted by molar-refractivity contribution is 5.87. The van der Waals surface area contributed by atoms with Crippen LogP contribution in [0.15, 0.2) is 70.5 Å². The van der Waals surface area contributed by atoms with Gasteiger partial charge in [-0.3, -0.25) is 9.98 Å². The molecule has 1 aliphatic rings. The number of fused-ring (bicyclic) bond motifs is 3. The summed E-state index contributed by atoms with van der Waals surface area (Å²) >= 11 is 0. The highest BCUT2D eigenvalue weighted by atomic mass is 16.1. The fourth-order valence-corrected chi connectivity index (χ4v) is 4.19. The number of nitrogens with zero attached hydrogens (tertiary/aromatic N) is 3. The van der Waals surface area contributed by atoms with Gasteiger partial charge in [0.05, 0.1) is 16.3 Å². The molecule has 1 unspecified atom stereocenters. The Morgan fingerprint density at radius 2 is 1.63 bits per heavy atom. The molecule has 5 rings (SSSR count). The maximum Gasteiger partial charge on any atom is 0.348 e. The second-order valence-corrected chi connectivity index (χ2v) is 7.65. The van der Waals surface area contributed by atoms with E-state index in [0.29, 0.717) is 17.2 Å². The van der Waals surface area contributed by atoms with Gasteiger partial charge in [-0.1, -0.05) is 60.7 Å². The minimum atomic E-state index is -0.569. The van der Waals surface area contributed by atoms with E-state index in [4.69, 9.17) is 16.5 Å². The van der Waals surface area contributed by atoms with Gasteiger partial charge >= 0.3 is 5.69 Å². The molecule has 5 N–H and O–H groups in total. The van der Waals surface area contributed by atoms with Crippen LogP contribution in [0.5, 0.6) is 0 Å². The van der Waals surface area contributed by atoms with Gasteiger partial charge in [0.15, 0.2) is 5.65 Å². The first-order valence-electron chi connectivity index (χ1n) is 9.65. The molecule has 0 bridgehead atoms. The van der Waals surface area contributed by atoms with Crippen LogP contribution in [0.1, 0.15) is 24.5 Å². The molecule has 0 saturated heterocycles. The summed E-state index contributed by atoms with van der Waals surface area (Å²) in [5.74, 6) is 0.468. The first-order chi connectivity index (χ1) is 14.5. The molecule has 7 heteroatoms. The van der Waals surface area contributed by atoms with Gasteiger partial charge in [-0.05, 0) is 23.6 Å². The highest BCUT2D eigenvalue weighted by Crippen LogP contribution is 2.36. The Labute approximate surface area is 171 Å². The molecule has 1 atom stereocenters. The number of pyridine rings is 1. The average molecular weight is 396 g/mol. The molecule has 0 spiro atoms. The van der Waals surface area contributed by atoms with Crippen molar-refractivity contribution < 1.29 is 0 Å². The van der Waals surface area contributed by atoms with E-state index in [0.717, 1.165) is 21.9 Å². The second kappa shape index (κ2) is 6.52. The summed E-state index contributed by atoms with van der Waals surface area (Å²) in [5, 5.41) is 1.85. The molecule has 148 valence electrons. The molecule has 0 radical (unpaired) electrons. The largest absolute Gasteiger partial charge is 0.384 e. The quantitative estimate of drug-likeness (QED) is 0.475. The van der Waals surface area contributed by atoms with Crippen LogP contribution in [0.2, 0.25) is 0 Å². The van der Waals surface area contributed by atoms with Crippen molar-refractivity contribution in [3.8, 4) is 0 Å². The predicted molar refractivity (Wildman–Crippen MR) is 117 cm³/mol. The maximum absolute atomic E-state index is 11.9. The Bertz CT molecular complexity index is 1460. The minimum absolute atomic E-state index is 0.183. The van der Waals surface area contributed by atoms with E-state index in [1.54, 1.807) is 0 Å². The third-order valence-electron chi connectivity index (χ3n) is 5.60. The fourth-order valence-electron chi connectivity index (χ4n) is 4.19. The smallest absolute Gasteiger partial charge is 0.348 e. The Morgan fingerprint density at radius 1 is 0.967 bits per heavy atom. The van der Waals surface area contributed by atoms with E-state index in [1.165, 1.54) is 0 Å². The van der Waals surface area contributed by atoms with Gasteiger partial charge in [0.2, 0.25) is 0 Å². The molecular weight excluding hydrogens is 376 g/mol. The monoisotopic (exact) mass is 396 g/mol. The Balaban J connectivity index is 1.99. The number of H-pyrrole nitrogens is 1. The lowest BCUT2D eigenvalue weighted by Crippen LogP contribution is -2.42. The van der Waals surface area contributed by atoms with Crippen molar-refractivity contribution in [2.45, 2.75) is 18.9 Å². The van der Waals surface area contributed by atoms with E-state index in [-0.39, 0.29) is 17.3 Å². The summed E-state index contributed by atoms with van der Waals surface area (Å²) in [6.07, 6.45) is 0.641. The molecular formula is C23H20N6O. The number of aromatic amines is 1. The van der Waals surface area contributed by atoms with Crippen LogP contribution in [0.25, 0.3) is 16.6 Å². The summed E-state index contributed by atoms with van der Waals surface area (Å²) in [5.41, 5.74) is 14.8. The number of hydrogen-bond donors (Lipinski definition) is 3. The zero-order chi connectivity index (χ0) is 20.9. The summed E-state index contributed by atoms with van der Waals surface area (Å²) in [6, 6.07) is 20.2. The lowest BCUT2D eigenvalue weighted by Gasteiger charge is -2.31. The Morgan fingerprint density at radius 3 is 2.33 bits per heavy atom. The van der Waals surface area contributed by atoms with Crippen molar-refractivity contribution in [1.82, 2.24) is 15.0 Å². The van der Waals surface area contributed by atoms with Gasteiger partial charge in [0.1, 0.15) is 11.6 Å². The van der Waals surface area contributed by atoms with Crippen LogP contribution in [0.4, 0.5) is 11.6 Å². The van der Waals surface area contributed by atoms with Gasteiger partial charge in [-0.15, -0.1) is 0 Å². The molecule has 1 aliphatic heterocycles. The van der Waals surface area contributed by atoms with E-state index >= 15 is 0 Å². The van der Waals surface area contributed by atoms with E-state index in [1.807, 2.05) is 48.5 Å². The number of nitrogens with two attached hydrogens (primary N) is 2. The van der Waals surface area contributed by atoms with E-state index < -0.39 is 11.2 Å². The first kappa shape index (κ1) is 18.1. The van der Waals surface area contributed by atoms with Crippen molar-refractivity contribution in [1.29, 1.82) is 0 Å². The van der Waals surface area contributed by atoms with Crippen LogP contribution in [0.3, 0.4) is 0 Å². The number of nitrogen functional groups attached to an aromatic ring is 2. The second-order valence-electron chi connectivity index (χ2n) is 7.65. The molecule has 0 aliphatic carbocycles. The number of nitrogens with one attached hydrogen (secondary N) is 1. The molecule has 7 nitrogen and oxygen atoms in total. The van der Waals surface area contributed by atoms with Crippen molar-refractivity contribution in [2.24, 2.45) is 4.99 Å². The lowest BCUT2D eigenvalue weighted by molar-refractivity contribution is 0.490. The van der Waals surface area contributed by atoms with E-state index in [9.17, 15) is 4.79 Å². The lowest BCUT2D eigenvalue weighted by atomic mass is 9.81. The molecule has 4 aromatic rings. The molecule has 2 aromatic carbocycles. The third kappa shape index (κ3) is 2.75. The van der Waals surface area contributed by atoms with Crippen molar-refractivity contribution >= 4 is 28.2 Å². The van der Waals surface area contributed by atoms with Gasteiger partial charge in [-0.25, -0.2) is 9.78 Å². The van der Waals surface area contributed by atoms with Crippen LogP contribution >= 0.6 is 0 Å². The summed E-state index contributed by atoms with van der Waals surface area (Å²) in [4.78, 5) is 27.9. The molecule has 3 heterocycles. The standard InChI is InChI=1S/C23H20N6O/c1-23(14-10-6-3-7-11-14)12-15(13-8-4-2-5-9-13)16-18(29-23)17-20(25)27-22(30)28-21(17)26-19(16)24/h2-11H,12H2,1H3,(H5,24,25,26,27,28,30). The van der Waals surface area contributed by atoms with Crippen LogP contribution < -0.4 is 27.7 Å². The van der Waals surface area contributed by atoms with Crippen molar-refractivity contribution in [3.05, 3.63) is 92.9 Å². The minimum Gasteiger partial charge on any atom is -0.384 e. The fraction of sp³-hybridized carbons (Fsp3) is 0.130. The normalized spacial score (nSPS) is 18.1. The van der Waals surface area contributed by atoms with E-state index in [2.05, 4.69) is 34.0 Å². The third-order valence-corrected chi connectivity index (χ3v) is 5.60. The van der Waals surface area contributed by atoms with Gasteiger partial charge in [0, 0.05) is 11.6 Å². The van der Waals surface area contributed by atoms with Crippen molar-refractivity contribution in [2.75, 3.05) is 11.5 Å². The first-order valence-corrected chi connectivity index (χ1v) is 9.65. The van der Waals surface area contributed by atoms with Crippen LogP contribution in [-0.2, 0) is 5.54 Å². The van der Waals surface area contributed by atoms with Crippen LogP contribution in [0, 0.1) is 0 Å².